The van der Waals surface area contributed by atoms with Crippen LogP contribution in [0.5, 0.6) is 0 Å². The molecule has 102 valence electrons. The molecule has 1 aliphatic rings. The molecule has 4 nitrogen and oxygen atoms in total. The first-order valence-electron chi connectivity index (χ1n) is 5.98. The molecule has 6 heteroatoms. The Morgan fingerprint density at radius 1 is 1.42 bits per heavy atom. The third-order valence-electron chi connectivity index (χ3n) is 3.23. The zero-order chi connectivity index (χ0) is 14.0. The van der Waals surface area contributed by atoms with Crippen LogP contribution in [0.4, 0.5) is 4.39 Å². The van der Waals surface area contributed by atoms with Crippen LogP contribution in [0, 0.1) is 5.82 Å². The van der Waals surface area contributed by atoms with Gasteiger partial charge in [0.1, 0.15) is 11.4 Å². The molecule has 0 saturated heterocycles. The molecule has 1 aromatic rings. The number of rotatable bonds is 5. The van der Waals surface area contributed by atoms with Gasteiger partial charge in [0.2, 0.25) is 11.8 Å². The fourth-order valence-electron chi connectivity index (χ4n) is 1.87. The van der Waals surface area contributed by atoms with Gasteiger partial charge in [-0.15, -0.1) is 0 Å². The number of aryl methyl sites for hydroxylation is 1. The Labute approximate surface area is 118 Å². The van der Waals surface area contributed by atoms with Gasteiger partial charge in [0.25, 0.3) is 0 Å². The molecule has 0 spiro atoms. The van der Waals surface area contributed by atoms with E-state index in [1.54, 1.807) is 6.07 Å². The summed E-state index contributed by atoms with van der Waals surface area (Å²) in [5.41, 5.74) is 5.11. The minimum Gasteiger partial charge on any atom is -0.368 e. The number of hydrogen-bond donors (Lipinski definition) is 2. The topological polar surface area (TPSA) is 72.2 Å². The van der Waals surface area contributed by atoms with Crippen molar-refractivity contribution in [3.8, 4) is 0 Å². The van der Waals surface area contributed by atoms with Crippen molar-refractivity contribution >= 4 is 27.7 Å². The van der Waals surface area contributed by atoms with Crippen LogP contribution in [0.1, 0.15) is 24.8 Å². The van der Waals surface area contributed by atoms with Crippen LogP contribution in [0.2, 0.25) is 0 Å². The highest BCUT2D eigenvalue weighted by Crippen LogP contribution is 2.34. The second kappa shape index (κ2) is 5.28. The predicted molar refractivity (Wildman–Crippen MR) is 71.7 cm³/mol. The van der Waals surface area contributed by atoms with Crippen molar-refractivity contribution in [1.29, 1.82) is 0 Å². The molecule has 1 aliphatic carbocycles. The van der Waals surface area contributed by atoms with E-state index in [9.17, 15) is 14.0 Å². The number of benzene rings is 1. The summed E-state index contributed by atoms with van der Waals surface area (Å²) in [5, 5.41) is 2.65. The summed E-state index contributed by atoms with van der Waals surface area (Å²) in [5.74, 6) is -1.07. The van der Waals surface area contributed by atoms with Crippen molar-refractivity contribution in [3.05, 3.63) is 34.1 Å². The first-order chi connectivity index (χ1) is 8.93. The predicted octanol–water partition coefficient (Wildman–Crippen LogP) is 1.65. The Bertz CT molecular complexity index is 529. The highest BCUT2D eigenvalue weighted by atomic mass is 79.9. The summed E-state index contributed by atoms with van der Waals surface area (Å²) in [6.45, 7) is 0. The normalized spacial score (nSPS) is 15.9. The lowest BCUT2D eigenvalue weighted by atomic mass is 10.1. The summed E-state index contributed by atoms with van der Waals surface area (Å²) in [7, 11) is 0. The molecular weight excluding hydrogens is 315 g/mol. The fraction of sp³-hybridized carbons (Fsp3) is 0.385. The maximum Gasteiger partial charge on any atom is 0.243 e. The van der Waals surface area contributed by atoms with Gasteiger partial charge in [-0.1, -0.05) is 15.9 Å². The number of amides is 2. The van der Waals surface area contributed by atoms with Gasteiger partial charge in [-0.25, -0.2) is 4.39 Å². The van der Waals surface area contributed by atoms with Crippen LogP contribution >= 0.6 is 15.9 Å². The van der Waals surface area contributed by atoms with Gasteiger partial charge in [0.15, 0.2) is 0 Å². The molecule has 0 aromatic heterocycles. The summed E-state index contributed by atoms with van der Waals surface area (Å²) >= 11 is 3.31. The maximum absolute atomic E-state index is 13.1. The van der Waals surface area contributed by atoms with Gasteiger partial charge in [0, 0.05) is 10.9 Å². The molecule has 1 fully saturated rings. The van der Waals surface area contributed by atoms with Crippen molar-refractivity contribution in [2.45, 2.75) is 31.2 Å². The van der Waals surface area contributed by atoms with Gasteiger partial charge in [0.05, 0.1) is 0 Å². The molecule has 1 saturated carbocycles. The van der Waals surface area contributed by atoms with Crippen molar-refractivity contribution in [1.82, 2.24) is 5.32 Å². The van der Waals surface area contributed by atoms with Crippen molar-refractivity contribution < 1.29 is 14.0 Å². The van der Waals surface area contributed by atoms with Gasteiger partial charge in [-0.2, -0.15) is 0 Å². The van der Waals surface area contributed by atoms with E-state index in [2.05, 4.69) is 21.2 Å². The molecule has 0 aliphatic heterocycles. The van der Waals surface area contributed by atoms with E-state index in [4.69, 9.17) is 5.73 Å². The van der Waals surface area contributed by atoms with Crippen LogP contribution in [0.3, 0.4) is 0 Å². The van der Waals surface area contributed by atoms with E-state index in [1.807, 2.05) is 0 Å². The Kier molecular flexibility index (Phi) is 3.89. The zero-order valence-electron chi connectivity index (χ0n) is 10.2. The Balaban J connectivity index is 1.90. The number of nitrogens with two attached hydrogens (primary N) is 1. The lowest BCUT2D eigenvalue weighted by Crippen LogP contribution is -2.46. The van der Waals surface area contributed by atoms with E-state index in [-0.39, 0.29) is 18.1 Å². The minimum atomic E-state index is -0.837. The van der Waals surface area contributed by atoms with Crippen LogP contribution in [-0.4, -0.2) is 17.4 Å². The quantitative estimate of drug-likeness (QED) is 0.862. The largest absolute Gasteiger partial charge is 0.368 e. The van der Waals surface area contributed by atoms with Crippen LogP contribution < -0.4 is 11.1 Å². The lowest BCUT2D eigenvalue weighted by molar-refractivity contribution is -0.128. The van der Waals surface area contributed by atoms with Gasteiger partial charge >= 0.3 is 0 Å². The lowest BCUT2D eigenvalue weighted by Gasteiger charge is -2.13. The van der Waals surface area contributed by atoms with Gasteiger partial charge in [-0.05, 0) is 43.0 Å². The SMILES string of the molecule is NC(=O)C1(NC(=O)CCc2cc(F)ccc2Br)CC1. The number of nitrogens with one attached hydrogen (secondary N) is 1. The van der Waals surface area contributed by atoms with E-state index >= 15 is 0 Å². The number of primary amides is 1. The molecule has 0 radical (unpaired) electrons. The second-order valence-electron chi connectivity index (χ2n) is 4.73. The zero-order valence-corrected chi connectivity index (χ0v) is 11.8. The monoisotopic (exact) mass is 328 g/mol. The van der Waals surface area contributed by atoms with E-state index in [0.29, 0.717) is 19.3 Å². The summed E-state index contributed by atoms with van der Waals surface area (Å²) in [6.07, 6.45) is 1.78. The number of carbonyl (C=O) groups excluding carboxylic acids is 2. The average Bonchev–Trinajstić information content (AvgIpc) is 3.11. The first kappa shape index (κ1) is 14.0. The van der Waals surface area contributed by atoms with E-state index in [0.717, 1.165) is 10.0 Å². The molecule has 0 bridgehead atoms. The molecule has 0 atom stereocenters. The summed E-state index contributed by atoms with van der Waals surface area (Å²) in [6, 6.07) is 4.34. The Morgan fingerprint density at radius 2 is 2.11 bits per heavy atom. The van der Waals surface area contributed by atoms with Crippen molar-refractivity contribution in [3.63, 3.8) is 0 Å². The molecule has 3 N–H and O–H groups in total. The summed E-state index contributed by atoms with van der Waals surface area (Å²) in [4.78, 5) is 22.9. The van der Waals surface area contributed by atoms with Crippen LogP contribution in [0.25, 0.3) is 0 Å². The van der Waals surface area contributed by atoms with Crippen molar-refractivity contribution in [2.75, 3.05) is 0 Å². The molecule has 2 rings (SSSR count). The molecule has 1 aromatic carbocycles. The third-order valence-corrected chi connectivity index (χ3v) is 4.00. The molecular formula is C13H14BrFN2O2. The molecule has 19 heavy (non-hydrogen) atoms. The maximum atomic E-state index is 13.1. The highest BCUT2D eigenvalue weighted by Gasteiger charge is 2.49. The number of halogens is 2. The average molecular weight is 329 g/mol. The Morgan fingerprint density at radius 3 is 2.68 bits per heavy atom. The molecule has 0 heterocycles. The van der Waals surface area contributed by atoms with Crippen molar-refractivity contribution in [2.24, 2.45) is 5.73 Å². The fourth-order valence-corrected chi connectivity index (χ4v) is 2.32. The second-order valence-corrected chi connectivity index (χ2v) is 5.58. The number of carbonyl (C=O) groups is 2. The van der Waals surface area contributed by atoms with E-state index < -0.39 is 11.4 Å². The molecule has 2 amide bonds. The van der Waals surface area contributed by atoms with Crippen LogP contribution in [0.15, 0.2) is 22.7 Å². The van der Waals surface area contributed by atoms with E-state index in [1.165, 1.54) is 12.1 Å². The highest BCUT2D eigenvalue weighted by molar-refractivity contribution is 9.10. The number of hydrogen-bond acceptors (Lipinski definition) is 2. The minimum absolute atomic E-state index is 0.192. The third kappa shape index (κ3) is 3.32. The van der Waals surface area contributed by atoms with Crippen LogP contribution in [-0.2, 0) is 16.0 Å². The smallest absolute Gasteiger partial charge is 0.243 e. The molecule has 0 unspecified atom stereocenters. The standard InChI is InChI=1S/C13H14BrFN2O2/c14-10-3-2-9(15)7-8(10)1-4-11(18)17-13(5-6-13)12(16)19/h2-3,7H,1,4-6H2,(H2,16,19)(H,17,18). The summed E-state index contributed by atoms with van der Waals surface area (Å²) < 4.78 is 13.8. The van der Waals surface area contributed by atoms with Gasteiger partial charge in [-0.3, -0.25) is 9.59 Å². The Hall–Kier alpha value is -1.43. The first-order valence-corrected chi connectivity index (χ1v) is 6.77. The van der Waals surface area contributed by atoms with Gasteiger partial charge < -0.3 is 11.1 Å².